The van der Waals surface area contributed by atoms with Crippen molar-refractivity contribution in [3.8, 4) is 0 Å². The van der Waals surface area contributed by atoms with Gasteiger partial charge in [-0.05, 0) is 11.1 Å². The first-order chi connectivity index (χ1) is 8.65. The molecule has 0 atom stereocenters. The second-order valence-corrected chi connectivity index (χ2v) is 4.19. The lowest BCUT2D eigenvalue weighted by Crippen LogP contribution is -2.18. The second kappa shape index (κ2) is 4.01. The molecule has 1 aliphatic heterocycles. The number of rotatable bonds is 1. The number of nitrogens with zero attached hydrogens (tertiary/aromatic N) is 2. The van der Waals surface area contributed by atoms with Gasteiger partial charge in [0.15, 0.2) is 17.5 Å². The molecule has 2 aromatic rings. The molecule has 0 unspecified atom stereocenters. The van der Waals surface area contributed by atoms with Crippen molar-refractivity contribution in [1.29, 1.82) is 0 Å². The topological polar surface area (TPSA) is 16.1 Å². The van der Waals surface area contributed by atoms with Crippen molar-refractivity contribution < 1.29 is 13.2 Å². The van der Waals surface area contributed by atoms with Gasteiger partial charge in [-0.2, -0.15) is 9.37 Å². The summed E-state index contributed by atoms with van der Waals surface area (Å²) in [5, 5.41) is 0. The highest BCUT2D eigenvalue weighted by atomic mass is 19.2. The van der Waals surface area contributed by atoms with Gasteiger partial charge in [0.05, 0.1) is 0 Å². The highest BCUT2D eigenvalue weighted by Crippen LogP contribution is 2.29. The van der Waals surface area contributed by atoms with Crippen LogP contribution in [-0.4, -0.2) is 4.98 Å². The van der Waals surface area contributed by atoms with Crippen molar-refractivity contribution in [2.75, 3.05) is 4.90 Å². The van der Waals surface area contributed by atoms with Crippen LogP contribution in [0.25, 0.3) is 0 Å². The molecule has 0 amide bonds. The van der Waals surface area contributed by atoms with Gasteiger partial charge < -0.3 is 4.90 Å². The van der Waals surface area contributed by atoms with E-state index in [-0.39, 0.29) is 5.82 Å². The van der Waals surface area contributed by atoms with Gasteiger partial charge in [0.1, 0.15) is 0 Å². The third kappa shape index (κ3) is 1.72. The number of halogens is 3. The van der Waals surface area contributed by atoms with E-state index >= 15 is 0 Å². The number of aromatic nitrogens is 1. The van der Waals surface area contributed by atoms with E-state index in [0.717, 1.165) is 11.1 Å². The van der Waals surface area contributed by atoms with E-state index in [0.29, 0.717) is 19.2 Å². The first-order valence-corrected chi connectivity index (χ1v) is 5.48. The fraction of sp³-hybridized carbons (Fsp3) is 0.154. The van der Waals surface area contributed by atoms with Crippen LogP contribution in [0.2, 0.25) is 0 Å². The van der Waals surface area contributed by atoms with Gasteiger partial charge in [0, 0.05) is 19.2 Å². The highest BCUT2D eigenvalue weighted by molar-refractivity contribution is 5.47. The average Bonchev–Trinajstić information content (AvgIpc) is 2.77. The van der Waals surface area contributed by atoms with Crippen molar-refractivity contribution in [1.82, 2.24) is 4.98 Å². The van der Waals surface area contributed by atoms with Crippen molar-refractivity contribution in [2.24, 2.45) is 0 Å². The number of benzene rings is 1. The standard InChI is InChI=1S/C13H9F3N2/c14-10-5-11(15)13(17-12(10)16)18-6-8-3-1-2-4-9(8)7-18/h1-5H,6-7H2. The Bertz CT molecular complexity index is 588. The fourth-order valence-corrected chi connectivity index (χ4v) is 2.14. The van der Waals surface area contributed by atoms with Crippen LogP contribution in [0.3, 0.4) is 0 Å². The first kappa shape index (κ1) is 11.1. The maximum absolute atomic E-state index is 13.6. The molecule has 2 heterocycles. The van der Waals surface area contributed by atoms with Gasteiger partial charge in [-0.15, -0.1) is 0 Å². The van der Waals surface area contributed by atoms with Crippen LogP contribution in [0.15, 0.2) is 30.3 Å². The summed E-state index contributed by atoms with van der Waals surface area (Å²) in [4.78, 5) is 4.93. The van der Waals surface area contributed by atoms with E-state index in [9.17, 15) is 13.2 Å². The lowest BCUT2D eigenvalue weighted by atomic mass is 10.1. The Balaban J connectivity index is 1.97. The second-order valence-electron chi connectivity index (χ2n) is 4.19. The molecule has 5 heteroatoms. The van der Waals surface area contributed by atoms with Crippen LogP contribution in [0.1, 0.15) is 11.1 Å². The van der Waals surface area contributed by atoms with Crippen molar-refractivity contribution in [2.45, 2.75) is 13.1 Å². The predicted octanol–water partition coefficient (Wildman–Crippen LogP) is 3.02. The third-order valence-electron chi connectivity index (χ3n) is 3.01. The molecule has 3 rings (SSSR count). The highest BCUT2D eigenvalue weighted by Gasteiger charge is 2.23. The molecular formula is C13H9F3N2. The Morgan fingerprint density at radius 2 is 1.56 bits per heavy atom. The summed E-state index contributed by atoms with van der Waals surface area (Å²) in [5.74, 6) is -3.54. The van der Waals surface area contributed by atoms with Crippen LogP contribution in [-0.2, 0) is 13.1 Å². The SMILES string of the molecule is Fc1cc(F)c(N2Cc3ccccc3C2)nc1F. The summed E-state index contributed by atoms with van der Waals surface area (Å²) in [7, 11) is 0. The lowest BCUT2D eigenvalue weighted by Gasteiger charge is -2.17. The maximum Gasteiger partial charge on any atom is 0.251 e. The van der Waals surface area contributed by atoms with Gasteiger partial charge >= 0.3 is 0 Å². The number of anilines is 1. The Morgan fingerprint density at radius 3 is 2.17 bits per heavy atom. The van der Waals surface area contributed by atoms with E-state index in [2.05, 4.69) is 4.98 Å². The van der Waals surface area contributed by atoms with Gasteiger partial charge in [-0.1, -0.05) is 24.3 Å². The molecule has 1 aliphatic rings. The number of fused-ring (bicyclic) bond motifs is 1. The summed E-state index contributed by atoms with van der Waals surface area (Å²) in [5.41, 5.74) is 2.09. The Labute approximate surface area is 102 Å². The van der Waals surface area contributed by atoms with E-state index in [1.54, 1.807) is 4.90 Å². The summed E-state index contributed by atoms with van der Waals surface area (Å²) >= 11 is 0. The van der Waals surface area contributed by atoms with Crippen molar-refractivity contribution in [3.63, 3.8) is 0 Å². The Kier molecular flexibility index (Phi) is 2.47. The van der Waals surface area contributed by atoms with Crippen LogP contribution in [0, 0.1) is 17.6 Å². The normalized spacial score (nSPS) is 13.8. The predicted molar refractivity (Wildman–Crippen MR) is 60.4 cm³/mol. The van der Waals surface area contributed by atoms with Crippen molar-refractivity contribution in [3.05, 3.63) is 59.0 Å². The quantitative estimate of drug-likeness (QED) is 0.723. The van der Waals surface area contributed by atoms with E-state index in [1.807, 2.05) is 24.3 Å². The molecule has 92 valence electrons. The molecule has 0 spiro atoms. The van der Waals surface area contributed by atoms with Gasteiger partial charge in [0.25, 0.3) is 5.95 Å². The van der Waals surface area contributed by atoms with Gasteiger partial charge in [0.2, 0.25) is 0 Å². The molecule has 18 heavy (non-hydrogen) atoms. The van der Waals surface area contributed by atoms with Gasteiger partial charge in [-0.3, -0.25) is 0 Å². The van der Waals surface area contributed by atoms with Gasteiger partial charge in [-0.25, -0.2) is 8.78 Å². The zero-order chi connectivity index (χ0) is 12.7. The summed E-state index contributed by atoms with van der Waals surface area (Å²) in [6.07, 6.45) is 0. The van der Waals surface area contributed by atoms with Crippen LogP contribution >= 0.6 is 0 Å². The molecule has 0 fully saturated rings. The molecule has 0 bridgehead atoms. The molecule has 0 saturated heterocycles. The lowest BCUT2D eigenvalue weighted by molar-refractivity contribution is 0.463. The first-order valence-electron chi connectivity index (χ1n) is 5.48. The Hall–Kier alpha value is -2.04. The molecule has 2 nitrogen and oxygen atoms in total. The molecule has 1 aromatic carbocycles. The van der Waals surface area contributed by atoms with E-state index in [4.69, 9.17) is 0 Å². The average molecular weight is 250 g/mol. The monoisotopic (exact) mass is 250 g/mol. The van der Waals surface area contributed by atoms with E-state index < -0.39 is 17.6 Å². The summed E-state index contributed by atoms with van der Waals surface area (Å²) in [6, 6.07) is 8.15. The smallest absolute Gasteiger partial charge is 0.251 e. The maximum atomic E-state index is 13.6. The zero-order valence-corrected chi connectivity index (χ0v) is 9.33. The third-order valence-corrected chi connectivity index (χ3v) is 3.01. The van der Waals surface area contributed by atoms with E-state index in [1.165, 1.54) is 0 Å². The summed E-state index contributed by atoms with van der Waals surface area (Å²) < 4.78 is 39.5. The molecular weight excluding hydrogens is 241 g/mol. The zero-order valence-electron chi connectivity index (χ0n) is 9.33. The molecule has 0 N–H and O–H groups in total. The fourth-order valence-electron chi connectivity index (χ4n) is 2.14. The van der Waals surface area contributed by atoms with Crippen LogP contribution < -0.4 is 4.90 Å². The van der Waals surface area contributed by atoms with Crippen LogP contribution in [0.5, 0.6) is 0 Å². The number of pyridine rings is 1. The van der Waals surface area contributed by atoms with Crippen LogP contribution in [0.4, 0.5) is 19.0 Å². The molecule has 0 saturated carbocycles. The molecule has 1 aromatic heterocycles. The Morgan fingerprint density at radius 1 is 0.944 bits per heavy atom. The number of hydrogen-bond acceptors (Lipinski definition) is 2. The molecule has 0 radical (unpaired) electrons. The minimum absolute atomic E-state index is 0.148. The largest absolute Gasteiger partial charge is 0.345 e. The number of hydrogen-bond donors (Lipinski definition) is 0. The minimum Gasteiger partial charge on any atom is -0.345 e. The minimum atomic E-state index is -1.28. The van der Waals surface area contributed by atoms with Crippen molar-refractivity contribution >= 4 is 5.82 Å². The summed E-state index contributed by atoms with van der Waals surface area (Å²) in [6.45, 7) is 0.899. The molecule has 0 aliphatic carbocycles.